The molecular formula is C16H20O3S2. The van der Waals surface area contributed by atoms with Gasteiger partial charge in [-0.15, -0.1) is 23.5 Å². The molecule has 1 aromatic carbocycles. The lowest BCUT2D eigenvalue weighted by Crippen LogP contribution is -2.34. The molecule has 5 heteroatoms. The van der Waals surface area contributed by atoms with Crippen molar-refractivity contribution in [2.45, 2.75) is 25.4 Å². The van der Waals surface area contributed by atoms with Crippen LogP contribution in [0.4, 0.5) is 0 Å². The highest BCUT2D eigenvalue weighted by Gasteiger charge is 2.32. The molecule has 2 atom stereocenters. The Labute approximate surface area is 134 Å². The van der Waals surface area contributed by atoms with Gasteiger partial charge in [-0.2, -0.15) is 0 Å². The van der Waals surface area contributed by atoms with Gasteiger partial charge >= 0.3 is 0 Å². The molecule has 2 aliphatic heterocycles. The van der Waals surface area contributed by atoms with Crippen molar-refractivity contribution in [1.82, 2.24) is 0 Å². The fourth-order valence-electron chi connectivity index (χ4n) is 2.46. The summed E-state index contributed by atoms with van der Waals surface area (Å²) in [5.41, 5.74) is 1.19. The molecule has 3 nitrogen and oxygen atoms in total. The molecule has 0 unspecified atom stereocenters. The van der Waals surface area contributed by atoms with Crippen LogP contribution >= 0.6 is 23.5 Å². The molecular weight excluding hydrogens is 304 g/mol. The van der Waals surface area contributed by atoms with Gasteiger partial charge in [-0.1, -0.05) is 30.3 Å². The third-order valence-electron chi connectivity index (χ3n) is 3.46. The lowest BCUT2D eigenvalue weighted by molar-refractivity contribution is -0.151. The minimum atomic E-state index is -0.211. The van der Waals surface area contributed by atoms with E-state index in [4.69, 9.17) is 14.2 Å². The third kappa shape index (κ3) is 4.05. The molecule has 0 amide bonds. The minimum absolute atomic E-state index is 0.0867. The Bertz CT molecular complexity index is 490. The lowest BCUT2D eigenvalue weighted by atomic mass is 10.2. The third-order valence-corrected chi connectivity index (χ3v) is 6.15. The topological polar surface area (TPSA) is 27.7 Å². The number of rotatable bonds is 5. The van der Waals surface area contributed by atoms with Gasteiger partial charge in [-0.3, -0.25) is 0 Å². The van der Waals surface area contributed by atoms with E-state index in [-0.39, 0.29) is 12.4 Å². The second-order valence-corrected chi connectivity index (χ2v) is 7.34. The van der Waals surface area contributed by atoms with Crippen molar-refractivity contribution >= 4 is 23.5 Å². The lowest BCUT2D eigenvalue weighted by Gasteiger charge is -2.34. The highest BCUT2D eigenvalue weighted by Crippen LogP contribution is 2.43. The van der Waals surface area contributed by atoms with Gasteiger partial charge in [0.15, 0.2) is 6.29 Å². The Balaban J connectivity index is 1.54. The Morgan fingerprint density at radius 2 is 2.00 bits per heavy atom. The van der Waals surface area contributed by atoms with Crippen molar-refractivity contribution in [3.8, 4) is 0 Å². The van der Waals surface area contributed by atoms with Gasteiger partial charge in [-0.05, 0) is 5.56 Å². The molecule has 0 bridgehead atoms. The Hall–Kier alpha value is -0.460. The zero-order valence-corrected chi connectivity index (χ0v) is 13.8. The second-order valence-electron chi connectivity index (χ2n) is 5.01. The molecule has 0 saturated heterocycles. The van der Waals surface area contributed by atoms with Crippen molar-refractivity contribution in [2.24, 2.45) is 0 Å². The molecule has 0 saturated carbocycles. The van der Waals surface area contributed by atoms with Gasteiger partial charge in [0.2, 0.25) is 0 Å². The quantitative estimate of drug-likeness (QED) is 0.824. The van der Waals surface area contributed by atoms with E-state index in [9.17, 15) is 0 Å². The van der Waals surface area contributed by atoms with Crippen LogP contribution in [0.25, 0.3) is 0 Å². The number of methoxy groups -OCH3 is 1. The molecule has 0 aromatic heterocycles. The molecule has 0 spiro atoms. The van der Waals surface area contributed by atoms with Crippen molar-refractivity contribution in [2.75, 3.05) is 25.2 Å². The SMILES string of the molecule is CO[C@@H]1O[C@@H](COCc2ccccc2)CC2=C1SCCS2. The Morgan fingerprint density at radius 3 is 2.81 bits per heavy atom. The summed E-state index contributed by atoms with van der Waals surface area (Å²) in [7, 11) is 1.71. The highest BCUT2D eigenvalue weighted by atomic mass is 32.2. The van der Waals surface area contributed by atoms with E-state index in [1.165, 1.54) is 21.1 Å². The van der Waals surface area contributed by atoms with Gasteiger partial charge in [0.25, 0.3) is 0 Å². The van der Waals surface area contributed by atoms with E-state index >= 15 is 0 Å². The van der Waals surface area contributed by atoms with E-state index in [1.54, 1.807) is 7.11 Å². The van der Waals surface area contributed by atoms with Crippen molar-refractivity contribution in [1.29, 1.82) is 0 Å². The van der Waals surface area contributed by atoms with E-state index in [1.807, 2.05) is 41.7 Å². The summed E-state index contributed by atoms with van der Waals surface area (Å²) in [6.45, 7) is 1.24. The van der Waals surface area contributed by atoms with Crippen LogP contribution in [0.15, 0.2) is 40.1 Å². The molecule has 21 heavy (non-hydrogen) atoms. The van der Waals surface area contributed by atoms with Crippen LogP contribution in [0.3, 0.4) is 0 Å². The average molecular weight is 324 g/mol. The van der Waals surface area contributed by atoms with E-state index in [2.05, 4.69) is 12.1 Å². The number of benzene rings is 1. The van der Waals surface area contributed by atoms with E-state index in [0.717, 1.165) is 12.2 Å². The van der Waals surface area contributed by atoms with Gasteiger partial charge in [-0.25, -0.2) is 0 Å². The van der Waals surface area contributed by atoms with Crippen LogP contribution in [-0.2, 0) is 20.8 Å². The predicted octanol–water partition coefficient (Wildman–Crippen LogP) is 3.66. The normalized spacial score (nSPS) is 25.8. The largest absolute Gasteiger partial charge is 0.374 e. The summed E-state index contributed by atoms with van der Waals surface area (Å²) in [6.07, 6.45) is 0.822. The average Bonchev–Trinajstić information content (AvgIpc) is 2.55. The summed E-state index contributed by atoms with van der Waals surface area (Å²) < 4.78 is 17.3. The number of ether oxygens (including phenoxy) is 3. The number of hydrogen-bond donors (Lipinski definition) is 0. The van der Waals surface area contributed by atoms with Gasteiger partial charge < -0.3 is 14.2 Å². The van der Waals surface area contributed by atoms with Crippen LogP contribution < -0.4 is 0 Å². The van der Waals surface area contributed by atoms with Crippen molar-refractivity contribution in [3.63, 3.8) is 0 Å². The molecule has 1 aromatic rings. The number of hydrogen-bond acceptors (Lipinski definition) is 5. The molecule has 2 heterocycles. The highest BCUT2D eigenvalue weighted by molar-refractivity contribution is 8.10. The van der Waals surface area contributed by atoms with Crippen LogP contribution in [0.5, 0.6) is 0 Å². The molecule has 0 N–H and O–H groups in total. The predicted molar refractivity (Wildman–Crippen MR) is 88.3 cm³/mol. The second kappa shape index (κ2) is 7.70. The Morgan fingerprint density at radius 1 is 1.19 bits per heavy atom. The summed E-state index contributed by atoms with van der Waals surface area (Å²) in [6, 6.07) is 10.2. The standard InChI is InChI=1S/C16H20O3S2/c1-17-16-15-14(20-7-8-21-15)9-13(19-16)11-18-10-12-5-3-2-4-6-12/h2-6,13,16H,7-11H2,1H3/t13-,16-/m1/s1. The van der Waals surface area contributed by atoms with Gasteiger partial charge in [0.05, 0.1) is 24.2 Å². The van der Waals surface area contributed by atoms with Crippen LogP contribution in [0.1, 0.15) is 12.0 Å². The fourth-order valence-corrected chi connectivity index (χ4v) is 5.02. The maximum atomic E-state index is 6.00. The van der Waals surface area contributed by atoms with E-state index < -0.39 is 0 Å². The van der Waals surface area contributed by atoms with Crippen LogP contribution in [0.2, 0.25) is 0 Å². The minimum Gasteiger partial charge on any atom is -0.374 e. The Kier molecular flexibility index (Phi) is 5.66. The molecule has 0 radical (unpaired) electrons. The first-order valence-corrected chi connectivity index (χ1v) is 9.12. The fraction of sp³-hybridized carbons (Fsp3) is 0.500. The molecule has 0 fully saturated rings. The van der Waals surface area contributed by atoms with Crippen molar-refractivity contribution in [3.05, 3.63) is 45.7 Å². The maximum Gasteiger partial charge on any atom is 0.190 e. The van der Waals surface area contributed by atoms with Crippen LogP contribution in [0, 0.1) is 0 Å². The first-order chi connectivity index (χ1) is 10.4. The first kappa shape index (κ1) is 15.4. The summed E-state index contributed by atoms with van der Waals surface area (Å²) in [5.74, 6) is 2.32. The van der Waals surface area contributed by atoms with E-state index in [0.29, 0.717) is 13.2 Å². The first-order valence-electron chi connectivity index (χ1n) is 7.15. The smallest absolute Gasteiger partial charge is 0.190 e. The number of thioether (sulfide) groups is 2. The van der Waals surface area contributed by atoms with Crippen molar-refractivity contribution < 1.29 is 14.2 Å². The van der Waals surface area contributed by atoms with Crippen LogP contribution in [-0.4, -0.2) is 37.6 Å². The maximum absolute atomic E-state index is 6.00. The molecule has 3 rings (SSSR count). The summed E-state index contributed by atoms with van der Waals surface area (Å²) in [5, 5.41) is 0. The molecule has 0 aliphatic carbocycles. The zero-order chi connectivity index (χ0) is 14.5. The molecule has 2 aliphatic rings. The zero-order valence-electron chi connectivity index (χ0n) is 12.1. The monoisotopic (exact) mass is 324 g/mol. The molecule has 114 valence electrons. The van der Waals surface area contributed by atoms with Gasteiger partial charge in [0, 0.05) is 29.9 Å². The summed E-state index contributed by atoms with van der Waals surface area (Å²) >= 11 is 3.81. The summed E-state index contributed by atoms with van der Waals surface area (Å²) in [4.78, 5) is 2.70. The van der Waals surface area contributed by atoms with Gasteiger partial charge in [0.1, 0.15) is 0 Å².